The molecule has 8 aromatic carbocycles. The molecule has 0 bridgehead atoms. The number of aromatic nitrogens is 6. The number of para-hydroxylation sites is 3. The molecule has 1 aliphatic heterocycles. The molecule has 0 saturated heterocycles. The third-order valence-electron chi connectivity index (χ3n) is 19.1. The van der Waals surface area contributed by atoms with E-state index in [1.807, 2.05) is 49.1 Å². The Bertz CT molecular complexity index is 5010. The van der Waals surface area contributed by atoms with Crippen molar-refractivity contribution in [1.82, 2.24) is 30.1 Å². The van der Waals surface area contributed by atoms with Crippen molar-refractivity contribution in [2.24, 2.45) is 0 Å². The van der Waals surface area contributed by atoms with E-state index in [0.29, 0.717) is 18.6 Å². The summed E-state index contributed by atoms with van der Waals surface area (Å²) in [6.45, 7) is 49.2. The molecule has 3 N–H and O–H groups in total. The summed E-state index contributed by atoms with van der Waals surface area (Å²) in [6.07, 6.45) is 18.9. The first kappa shape index (κ1) is 78.3. The van der Waals surface area contributed by atoms with Gasteiger partial charge in [-0.25, -0.2) is 0 Å². The molecule has 6 heterocycles. The number of pyridine rings is 2. The number of nitrogens with zero attached hydrogens (tertiary/aromatic N) is 3. The summed E-state index contributed by atoms with van der Waals surface area (Å²) >= 11 is 0. The summed E-state index contributed by atoms with van der Waals surface area (Å²) in [5.41, 5.74) is 23.6. The number of fused-ring (bicyclic) bond motifs is 8. The van der Waals surface area contributed by atoms with E-state index in [0.717, 1.165) is 46.6 Å². The lowest BCUT2D eigenvalue weighted by Crippen LogP contribution is -2.13. The second-order valence-electron chi connectivity index (χ2n) is 34.4. The molecule has 8 nitrogen and oxygen atoms in total. The Balaban J connectivity index is 0.000000138. The minimum Gasteiger partial charge on any atom is -0.454 e. The highest BCUT2D eigenvalue weighted by Gasteiger charge is 2.23. The van der Waals surface area contributed by atoms with Crippen LogP contribution in [0.25, 0.3) is 66.7 Å². The van der Waals surface area contributed by atoms with Gasteiger partial charge >= 0.3 is 0 Å². The van der Waals surface area contributed by atoms with Crippen molar-refractivity contribution < 1.29 is 9.47 Å². The van der Waals surface area contributed by atoms with E-state index in [1.54, 1.807) is 0 Å². The largest absolute Gasteiger partial charge is 0.454 e. The highest BCUT2D eigenvalue weighted by Crippen LogP contribution is 2.37. The number of hydrogen-bond donors (Lipinski definition) is 3. The summed E-state index contributed by atoms with van der Waals surface area (Å²) < 4.78 is 10.6. The molecule has 5 aromatic heterocycles. The highest BCUT2D eigenvalue weighted by atomic mass is 16.7. The first-order chi connectivity index (χ1) is 49.0. The number of ether oxygens (including phenoxy) is 2. The van der Waals surface area contributed by atoms with Gasteiger partial charge in [-0.3, -0.25) is 15.1 Å². The topological polar surface area (TPSA) is 104 Å². The van der Waals surface area contributed by atoms with Gasteiger partial charge in [-0.1, -0.05) is 310 Å². The molecule has 3 aliphatic rings. The standard InChI is InChI=1S/2C13H15N.C13H16.2C12H15N.C12H14.C11H14O2.C10H12N2/c1-13(2,3)11-8-4-6-10-7-5-9-14-12(10)11;1-13(2,3)12-9-8-10-6-4-5-7-11(10)14-12;1-13(2,3)12-9-5-7-10-6-4-8-11(10)12;1-12(2,3)10-5-4-9-6-7-13-11(9)8-10;1-12(2,3)10-6-4-5-9-7-8-13-11(9)10;1-9(2)11-7-6-10-4-3-5-12(10)8-11;1-11(2,3)8-4-5-9-10(6-8)13-7-12-9;1-7(2)8-3-4-9-6-11-12-10(9)5-8/h2*4-9H,1-3H3;4-5,7-9H,6H2,1-3H3;2*4-8,13H,1-3H3;3,5-9H,4H2,1-2H3;4-6H,7H2,1-3H3;3-7H,1-2H3,(H,11,12). The molecule has 8 heteroatoms. The van der Waals surface area contributed by atoms with Crippen LogP contribution in [0.15, 0.2) is 225 Å². The van der Waals surface area contributed by atoms with Crippen LogP contribution >= 0.6 is 0 Å². The Morgan fingerprint density at radius 3 is 1.67 bits per heavy atom. The molecule has 0 radical (unpaired) electrons. The van der Waals surface area contributed by atoms with Crippen LogP contribution in [0.5, 0.6) is 11.5 Å². The van der Waals surface area contributed by atoms with Gasteiger partial charge in [-0.15, -0.1) is 0 Å². The average molecular weight is 1390 g/mol. The monoisotopic (exact) mass is 1380 g/mol. The fraction of sp³-hybridized carbons (Fsp3) is 0.344. The van der Waals surface area contributed by atoms with Gasteiger partial charge in [-0.2, -0.15) is 5.10 Å². The molecule has 0 unspecified atom stereocenters. The predicted molar refractivity (Wildman–Crippen MR) is 447 cm³/mol. The van der Waals surface area contributed by atoms with E-state index in [1.165, 1.54) is 99.2 Å². The van der Waals surface area contributed by atoms with Gasteiger partial charge in [0.25, 0.3) is 0 Å². The number of allylic oxidation sites excluding steroid dienone is 2. The fourth-order valence-corrected chi connectivity index (χ4v) is 12.7. The third kappa shape index (κ3) is 21.0. The number of hydrogen-bond acceptors (Lipinski definition) is 5. The first-order valence-electron chi connectivity index (χ1n) is 37.3. The van der Waals surface area contributed by atoms with Crippen LogP contribution in [-0.4, -0.2) is 36.9 Å². The molecule has 0 atom stereocenters. The van der Waals surface area contributed by atoms with Gasteiger partial charge in [0.15, 0.2) is 11.5 Å². The lowest BCUT2D eigenvalue weighted by molar-refractivity contribution is 0.174. The van der Waals surface area contributed by atoms with E-state index < -0.39 is 0 Å². The number of H-pyrrole nitrogens is 3. The zero-order valence-electron chi connectivity index (χ0n) is 66.5. The fourth-order valence-electron chi connectivity index (χ4n) is 12.7. The Kier molecular flexibility index (Phi) is 25.1. The predicted octanol–water partition coefficient (Wildman–Crippen LogP) is 26.3. The molecular weight excluding hydrogens is 1270 g/mol. The Morgan fingerprint density at radius 1 is 0.404 bits per heavy atom. The maximum atomic E-state index is 5.31. The van der Waals surface area contributed by atoms with E-state index in [4.69, 9.17) is 9.47 Å². The maximum absolute atomic E-state index is 5.31. The van der Waals surface area contributed by atoms with Gasteiger partial charge in [0.05, 0.1) is 22.7 Å². The number of aromatic amines is 3. The van der Waals surface area contributed by atoms with Gasteiger partial charge in [0, 0.05) is 56.9 Å². The van der Waals surface area contributed by atoms with Crippen molar-refractivity contribution in [3.05, 3.63) is 292 Å². The molecule has 13 aromatic rings. The van der Waals surface area contributed by atoms with Crippen molar-refractivity contribution in [2.75, 3.05) is 6.79 Å². The van der Waals surface area contributed by atoms with Crippen LogP contribution in [0.3, 0.4) is 0 Å². The molecule has 2 aliphatic carbocycles. The van der Waals surface area contributed by atoms with Crippen LogP contribution in [0.2, 0.25) is 0 Å². The molecule has 104 heavy (non-hydrogen) atoms. The molecule has 0 spiro atoms. The van der Waals surface area contributed by atoms with E-state index in [-0.39, 0.29) is 32.5 Å². The van der Waals surface area contributed by atoms with E-state index in [9.17, 15) is 0 Å². The Hall–Kier alpha value is -9.79. The molecule has 542 valence electrons. The van der Waals surface area contributed by atoms with Crippen LogP contribution in [-0.2, 0) is 45.3 Å². The van der Waals surface area contributed by atoms with Crippen LogP contribution < -0.4 is 9.47 Å². The second kappa shape index (κ2) is 33.3. The smallest absolute Gasteiger partial charge is 0.231 e. The second-order valence-corrected chi connectivity index (χ2v) is 34.4. The van der Waals surface area contributed by atoms with Crippen molar-refractivity contribution in [3.8, 4) is 11.5 Å². The van der Waals surface area contributed by atoms with Gasteiger partial charge < -0.3 is 19.4 Å². The Labute approximate surface area is 622 Å². The zero-order valence-corrected chi connectivity index (χ0v) is 66.5. The number of benzene rings is 8. The number of nitrogens with one attached hydrogen (secondary N) is 3. The number of rotatable bonds is 2. The summed E-state index contributed by atoms with van der Waals surface area (Å²) in [6, 6.07) is 66.2. The SMILES string of the molecule is CC(C)(C)c1ccc2c(c1)OCO2.CC(C)(C)c1ccc2cc[nH]c2c1.CC(C)(C)c1ccc2ccccc2n1.CC(C)(C)c1cccc2c1C=CC2.CC(C)(C)c1cccc2cc[nH]c12.CC(C)(C)c1cccc2cccnc12.CC(C)c1ccc2c(c1)C=CC2.CC(C)c1ccc2cn[nH]c2c1. The van der Waals surface area contributed by atoms with Crippen molar-refractivity contribution in [2.45, 2.75) is 209 Å². The van der Waals surface area contributed by atoms with Gasteiger partial charge in [0.1, 0.15) is 0 Å². The summed E-state index contributed by atoms with van der Waals surface area (Å²) in [4.78, 5) is 15.6. The van der Waals surface area contributed by atoms with Gasteiger partial charge in [0.2, 0.25) is 6.79 Å². The quantitative estimate of drug-likeness (QED) is 0.160. The molecule has 0 amide bonds. The minimum atomic E-state index is 0.129. The lowest BCUT2D eigenvalue weighted by atomic mass is 9.83. The van der Waals surface area contributed by atoms with Crippen LogP contribution in [0, 0.1) is 0 Å². The van der Waals surface area contributed by atoms with E-state index >= 15 is 0 Å². The molecular formula is C96H116N6O2. The van der Waals surface area contributed by atoms with Crippen LogP contribution in [0.1, 0.15) is 231 Å². The zero-order chi connectivity index (χ0) is 75.4. The molecule has 16 rings (SSSR count). The molecule has 0 fully saturated rings. The minimum absolute atomic E-state index is 0.129. The van der Waals surface area contributed by atoms with Crippen molar-refractivity contribution >= 4 is 66.7 Å². The first-order valence-corrected chi connectivity index (χ1v) is 37.3. The van der Waals surface area contributed by atoms with E-state index in [2.05, 4.69) is 371 Å². The normalized spacial score (nSPS) is 12.8. The average Bonchev–Trinajstić information content (AvgIpc) is 1.26. The summed E-state index contributed by atoms with van der Waals surface area (Å²) in [5.74, 6) is 2.95. The van der Waals surface area contributed by atoms with Crippen LogP contribution in [0.4, 0.5) is 0 Å². The lowest BCUT2D eigenvalue weighted by Gasteiger charge is -2.22. The third-order valence-corrected chi connectivity index (χ3v) is 19.1. The summed E-state index contributed by atoms with van der Waals surface area (Å²) in [7, 11) is 0. The Morgan fingerprint density at radius 2 is 0.971 bits per heavy atom. The maximum Gasteiger partial charge on any atom is 0.231 e. The van der Waals surface area contributed by atoms with Crippen molar-refractivity contribution in [1.29, 1.82) is 0 Å². The molecule has 0 saturated carbocycles. The van der Waals surface area contributed by atoms with Crippen molar-refractivity contribution in [3.63, 3.8) is 0 Å². The van der Waals surface area contributed by atoms with Gasteiger partial charge in [-0.05, 0) is 178 Å². The highest BCUT2D eigenvalue weighted by molar-refractivity contribution is 5.85. The summed E-state index contributed by atoms with van der Waals surface area (Å²) in [5, 5.41) is 13.1.